The second-order valence-corrected chi connectivity index (χ2v) is 5.87. The lowest BCUT2D eigenvalue weighted by atomic mass is 9.98. The van der Waals surface area contributed by atoms with Crippen molar-refractivity contribution >= 4 is 27.9 Å². The largest absolute Gasteiger partial charge is 0.397 e. The van der Waals surface area contributed by atoms with Gasteiger partial charge in [0.05, 0.1) is 10.7 Å². The molecule has 19 heavy (non-hydrogen) atoms. The Bertz CT molecular complexity index is 439. The average Bonchev–Trinajstić information content (AvgIpc) is 2.81. The maximum absolute atomic E-state index is 11.8. The zero-order valence-corrected chi connectivity index (χ0v) is 12.0. The molecule has 1 aliphatic heterocycles. The van der Waals surface area contributed by atoms with Gasteiger partial charge in [0.25, 0.3) is 5.91 Å². The van der Waals surface area contributed by atoms with Crippen molar-refractivity contribution in [3.63, 3.8) is 0 Å². The van der Waals surface area contributed by atoms with Crippen molar-refractivity contribution < 1.29 is 9.90 Å². The summed E-state index contributed by atoms with van der Waals surface area (Å²) >= 11 is 1.45. The Labute approximate surface area is 117 Å². The molecule has 1 aromatic rings. The normalized spacial score (nSPS) is 16.6. The summed E-state index contributed by atoms with van der Waals surface area (Å²) in [5.74, 6) is 0.318. The van der Waals surface area contributed by atoms with E-state index in [-0.39, 0.29) is 12.5 Å². The number of nitrogens with zero attached hydrogens (tertiary/aromatic N) is 1. The lowest BCUT2D eigenvalue weighted by molar-refractivity contribution is 0.0960. The predicted molar refractivity (Wildman–Crippen MR) is 78.8 cm³/mol. The number of hydrogen-bond acceptors (Lipinski definition) is 5. The third kappa shape index (κ3) is 3.19. The number of carbonyl (C=O) groups is 1. The van der Waals surface area contributed by atoms with E-state index in [0.29, 0.717) is 23.0 Å². The van der Waals surface area contributed by atoms with Gasteiger partial charge in [0, 0.05) is 26.2 Å². The number of amides is 1. The molecule has 1 aliphatic rings. The number of hydrogen-bond donors (Lipinski definition) is 3. The highest BCUT2D eigenvalue weighted by atomic mass is 32.1. The standard InChI is InChI=1S/C13H21N3O2S/c1-2-15-13(18)12-10(14)7-11(19-12)16-5-3-9(8-17)4-6-16/h7,9,17H,2-6,8,14H2,1H3,(H,15,18). The van der Waals surface area contributed by atoms with Crippen molar-refractivity contribution in [2.24, 2.45) is 5.92 Å². The number of anilines is 2. The maximum Gasteiger partial charge on any atom is 0.263 e. The number of rotatable bonds is 4. The summed E-state index contributed by atoms with van der Waals surface area (Å²) in [4.78, 5) is 14.7. The molecular formula is C13H21N3O2S. The van der Waals surface area contributed by atoms with Crippen molar-refractivity contribution in [3.8, 4) is 0 Å². The smallest absolute Gasteiger partial charge is 0.263 e. The van der Waals surface area contributed by atoms with E-state index in [1.165, 1.54) is 11.3 Å². The van der Waals surface area contributed by atoms with Crippen LogP contribution in [0.2, 0.25) is 0 Å². The van der Waals surface area contributed by atoms with E-state index in [2.05, 4.69) is 10.2 Å². The van der Waals surface area contributed by atoms with E-state index >= 15 is 0 Å². The number of aliphatic hydroxyl groups excluding tert-OH is 1. The fourth-order valence-corrected chi connectivity index (χ4v) is 3.35. The van der Waals surface area contributed by atoms with E-state index in [4.69, 9.17) is 10.8 Å². The van der Waals surface area contributed by atoms with Gasteiger partial charge in [0.2, 0.25) is 0 Å². The van der Waals surface area contributed by atoms with Crippen LogP contribution in [0.3, 0.4) is 0 Å². The van der Waals surface area contributed by atoms with E-state index < -0.39 is 0 Å². The molecule has 5 nitrogen and oxygen atoms in total. The molecule has 106 valence electrons. The third-order valence-corrected chi connectivity index (χ3v) is 4.69. The van der Waals surface area contributed by atoms with Gasteiger partial charge in [-0.15, -0.1) is 11.3 Å². The zero-order chi connectivity index (χ0) is 13.8. The van der Waals surface area contributed by atoms with E-state index in [9.17, 15) is 4.79 Å². The van der Waals surface area contributed by atoms with Crippen molar-refractivity contribution in [1.29, 1.82) is 0 Å². The molecule has 2 heterocycles. The van der Waals surface area contributed by atoms with Crippen molar-refractivity contribution in [3.05, 3.63) is 10.9 Å². The molecule has 0 radical (unpaired) electrons. The van der Waals surface area contributed by atoms with Crippen LogP contribution >= 0.6 is 11.3 Å². The van der Waals surface area contributed by atoms with Crippen molar-refractivity contribution in [1.82, 2.24) is 5.32 Å². The number of nitrogen functional groups attached to an aromatic ring is 1. The molecule has 1 amide bonds. The number of thiophene rings is 1. The van der Waals surface area contributed by atoms with Crippen LogP contribution in [-0.4, -0.2) is 37.3 Å². The number of piperidine rings is 1. The summed E-state index contributed by atoms with van der Waals surface area (Å²) < 4.78 is 0. The molecule has 1 aromatic heterocycles. The molecule has 1 saturated heterocycles. The second kappa shape index (κ2) is 6.25. The van der Waals surface area contributed by atoms with Gasteiger partial charge in [-0.3, -0.25) is 4.79 Å². The zero-order valence-electron chi connectivity index (χ0n) is 11.2. The Morgan fingerprint density at radius 2 is 2.26 bits per heavy atom. The summed E-state index contributed by atoms with van der Waals surface area (Å²) in [5.41, 5.74) is 6.47. The van der Waals surface area contributed by atoms with Crippen LogP contribution in [0.1, 0.15) is 29.4 Å². The molecule has 2 rings (SSSR count). The van der Waals surface area contributed by atoms with Gasteiger partial charge in [0.1, 0.15) is 4.88 Å². The molecule has 0 saturated carbocycles. The number of aliphatic hydroxyl groups is 1. The quantitative estimate of drug-likeness (QED) is 0.778. The van der Waals surface area contributed by atoms with Crippen molar-refractivity contribution in [2.45, 2.75) is 19.8 Å². The third-order valence-electron chi connectivity index (χ3n) is 3.48. The monoisotopic (exact) mass is 283 g/mol. The van der Waals surface area contributed by atoms with Gasteiger partial charge in [0.15, 0.2) is 0 Å². The van der Waals surface area contributed by atoms with Gasteiger partial charge in [-0.05, 0) is 31.7 Å². The van der Waals surface area contributed by atoms with Crippen LogP contribution in [0.15, 0.2) is 6.07 Å². The molecule has 1 fully saturated rings. The molecule has 0 unspecified atom stereocenters. The maximum atomic E-state index is 11.8. The van der Waals surface area contributed by atoms with E-state index in [1.807, 2.05) is 13.0 Å². The van der Waals surface area contributed by atoms with Gasteiger partial charge < -0.3 is 21.1 Å². The van der Waals surface area contributed by atoms with Crippen LogP contribution in [0.4, 0.5) is 10.7 Å². The summed E-state index contributed by atoms with van der Waals surface area (Å²) in [6, 6.07) is 1.88. The SMILES string of the molecule is CCNC(=O)c1sc(N2CCC(CO)CC2)cc1N. The number of nitrogens with one attached hydrogen (secondary N) is 1. The Kier molecular flexibility index (Phi) is 4.66. The minimum atomic E-state index is -0.0958. The van der Waals surface area contributed by atoms with E-state index in [1.54, 1.807) is 0 Å². The summed E-state index contributed by atoms with van der Waals surface area (Å²) in [6.07, 6.45) is 1.98. The van der Waals surface area contributed by atoms with Gasteiger partial charge in [-0.1, -0.05) is 0 Å². The molecule has 0 aromatic carbocycles. The Morgan fingerprint density at radius 1 is 1.58 bits per heavy atom. The average molecular weight is 283 g/mol. The molecular weight excluding hydrogens is 262 g/mol. The molecule has 0 aliphatic carbocycles. The molecule has 0 atom stereocenters. The lowest BCUT2D eigenvalue weighted by Crippen LogP contribution is -2.34. The predicted octanol–water partition coefficient (Wildman–Crippen LogP) is 1.29. The van der Waals surface area contributed by atoms with Crippen molar-refractivity contribution in [2.75, 3.05) is 36.9 Å². The fraction of sp³-hybridized carbons (Fsp3) is 0.615. The highest BCUT2D eigenvalue weighted by molar-refractivity contribution is 7.18. The Morgan fingerprint density at radius 3 is 2.84 bits per heavy atom. The van der Waals surface area contributed by atoms with Crippen LogP contribution < -0.4 is 16.0 Å². The minimum absolute atomic E-state index is 0.0958. The number of nitrogens with two attached hydrogens (primary N) is 1. The lowest BCUT2D eigenvalue weighted by Gasteiger charge is -2.31. The molecule has 6 heteroatoms. The first kappa shape index (κ1) is 14.1. The first-order valence-electron chi connectivity index (χ1n) is 6.69. The Hall–Kier alpha value is -1.27. The highest BCUT2D eigenvalue weighted by Gasteiger charge is 2.22. The number of carbonyl (C=O) groups excluding carboxylic acids is 1. The second-order valence-electron chi connectivity index (χ2n) is 4.84. The summed E-state index contributed by atoms with van der Waals surface area (Å²) in [7, 11) is 0. The first-order valence-corrected chi connectivity index (χ1v) is 7.50. The van der Waals surface area contributed by atoms with Gasteiger partial charge >= 0.3 is 0 Å². The Balaban J connectivity index is 2.06. The van der Waals surface area contributed by atoms with Crippen LogP contribution in [0.25, 0.3) is 0 Å². The van der Waals surface area contributed by atoms with Gasteiger partial charge in [-0.2, -0.15) is 0 Å². The van der Waals surface area contributed by atoms with Gasteiger partial charge in [-0.25, -0.2) is 0 Å². The highest BCUT2D eigenvalue weighted by Crippen LogP contribution is 2.34. The summed E-state index contributed by atoms with van der Waals surface area (Å²) in [5, 5.41) is 13.0. The van der Waals surface area contributed by atoms with E-state index in [0.717, 1.165) is 30.9 Å². The fourth-order valence-electron chi connectivity index (χ4n) is 2.30. The minimum Gasteiger partial charge on any atom is -0.397 e. The molecule has 4 N–H and O–H groups in total. The first-order chi connectivity index (χ1) is 9.15. The van der Waals surface area contributed by atoms with Crippen LogP contribution in [0, 0.1) is 5.92 Å². The van der Waals surface area contributed by atoms with Crippen LogP contribution in [-0.2, 0) is 0 Å². The topological polar surface area (TPSA) is 78.6 Å². The molecule has 0 bridgehead atoms. The molecule has 0 spiro atoms. The summed E-state index contributed by atoms with van der Waals surface area (Å²) in [6.45, 7) is 4.60. The van der Waals surface area contributed by atoms with Crippen LogP contribution in [0.5, 0.6) is 0 Å².